The van der Waals surface area contributed by atoms with Crippen molar-refractivity contribution in [2.24, 2.45) is 11.3 Å². The number of carbonyl (C=O) groups is 2. The molecule has 0 aromatic heterocycles. The SMILES string of the molecule is C/C=C1\CN2[C@@H]3C[C@@]45c6cc(OC)c(OC)cc6N(C)[C@]4(O3)[C@H]2C[C@H]1[C@@]5(COC(=O)c1cc(OC)c(OC)c(OC)c1)C(=O)OC. The molecule has 6 atom stereocenters. The number of methoxy groups -OCH3 is 6. The highest BCUT2D eigenvalue weighted by atomic mass is 16.6. The molecule has 4 bridgehead atoms. The Balaban J connectivity index is 1.43. The third-order valence-corrected chi connectivity index (χ3v) is 11.3. The van der Waals surface area contributed by atoms with Crippen LogP contribution in [0.2, 0.25) is 0 Å². The third-order valence-electron chi connectivity index (χ3n) is 11.3. The summed E-state index contributed by atoms with van der Waals surface area (Å²) in [6.07, 6.45) is 2.96. The first-order chi connectivity index (χ1) is 22.2. The van der Waals surface area contributed by atoms with Crippen LogP contribution in [0.3, 0.4) is 0 Å². The number of likely N-dealkylation sites (N-methyl/N-ethyl adjacent to an activating group) is 1. The van der Waals surface area contributed by atoms with Gasteiger partial charge in [0.05, 0.1) is 59.7 Å². The first-order valence-corrected chi connectivity index (χ1v) is 15.3. The molecule has 2 aromatic rings. The standard InChI is InChI=1S/C34H40N2O10/c1-9-18-16-36-27-13-20(18)32(31(38)44-8,17-45-30(37)19-10-25(41-5)29(43-7)26(11-19)42-6)33-15-28(36)46-34(27,33)35(2)22-14-24(40-4)23(39-3)12-21(22)33/h9-12,14,20,27-28H,13,15-17H2,1-8H3/b18-9+/t20-,27-,28+,32+,33+,34+/m1/s1. The van der Waals surface area contributed by atoms with Crippen LogP contribution < -0.4 is 28.6 Å². The van der Waals surface area contributed by atoms with Crippen LogP contribution in [0, 0.1) is 11.3 Å². The fourth-order valence-electron chi connectivity index (χ4n) is 9.58. The molecular formula is C34H40N2O10. The second kappa shape index (κ2) is 10.4. The predicted octanol–water partition coefficient (Wildman–Crippen LogP) is 3.54. The summed E-state index contributed by atoms with van der Waals surface area (Å²) in [5.41, 5.74) is -0.207. The molecule has 1 saturated carbocycles. The van der Waals surface area contributed by atoms with E-state index in [-0.39, 0.29) is 30.4 Å². The molecule has 0 N–H and O–H groups in total. The molecule has 2 aromatic carbocycles. The van der Waals surface area contributed by atoms with Crippen molar-refractivity contribution in [3.63, 3.8) is 0 Å². The number of rotatable bonds is 9. The zero-order chi connectivity index (χ0) is 32.8. The third kappa shape index (κ3) is 3.36. The van der Waals surface area contributed by atoms with Crippen molar-refractivity contribution >= 4 is 17.6 Å². The lowest BCUT2D eigenvalue weighted by Gasteiger charge is -2.65. The number of hydrogen-bond acceptors (Lipinski definition) is 12. The lowest BCUT2D eigenvalue weighted by atomic mass is 9.42. The van der Waals surface area contributed by atoms with Gasteiger partial charge in [0.25, 0.3) is 0 Å². The monoisotopic (exact) mass is 636 g/mol. The van der Waals surface area contributed by atoms with Gasteiger partial charge in [0.15, 0.2) is 28.7 Å². The van der Waals surface area contributed by atoms with Crippen LogP contribution in [-0.4, -0.2) is 97.7 Å². The van der Waals surface area contributed by atoms with Crippen LogP contribution in [0.25, 0.3) is 0 Å². The average Bonchev–Trinajstić information content (AvgIpc) is 3.70. The van der Waals surface area contributed by atoms with Crippen molar-refractivity contribution in [2.45, 2.75) is 43.2 Å². The van der Waals surface area contributed by atoms with Crippen molar-refractivity contribution in [2.75, 3.05) is 67.8 Å². The molecule has 4 aliphatic heterocycles. The molecule has 3 saturated heterocycles. The van der Waals surface area contributed by atoms with Crippen LogP contribution in [0.15, 0.2) is 35.9 Å². The predicted molar refractivity (Wildman–Crippen MR) is 165 cm³/mol. The normalized spacial score (nSPS) is 32.2. The fraction of sp³-hybridized carbons (Fsp3) is 0.529. The molecule has 0 radical (unpaired) electrons. The van der Waals surface area contributed by atoms with Gasteiger partial charge in [0.2, 0.25) is 5.75 Å². The van der Waals surface area contributed by atoms with Gasteiger partial charge in [0.1, 0.15) is 18.2 Å². The maximum absolute atomic E-state index is 14.7. The van der Waals surface area contributed by atoms with Crippen molar-refractivity contribution in [1.29, 1.82) is 0 Å². The molecule has 1 spiro atoms. The Kier molecular flexibility index (Phi) is 6.91. The highest BCUT2D eigenvalue weighted by Gasteiger charge is 2.88. The lowest BCUT2D eigenvalue weighted by molar-refractivity contribution is -0.194. The molecule has 7 rings (SSSR count). The Hall–Kier alpha value is -4.16. The number of carbonyl (C=O) groups excluding carboxylic acids is 2. The maximum atomic E-state index is 14.7. The summed E-state index contributed by atoms with van der Waals surface area (Å²) in [5.74, 6) is 0.702. The Morgan fingerprint density at radius 1 is 0.935 bits per heavy atom. The second-order valence-electron chi connectivity index (χ2n) is 12.5. The summed E-state index contributed by atoms with van der Waals surface area (Å²) in [6.45, 7) is 2.39. The Labute approximate surface area is 268 Å². The van der Waals surface area contributed by atoms with Crippen LogP contribution in [0.4, 0.5) is 5.69 Å². The number of fused-ring (bicyclic) bond motifs is 4. The summed E-state index contributed by atoms with van der Waals surface area (Å²) in [7, 11) is 11.0. The Bertz CT molecular complexity index is 1630. The van der Waals surface area contributed by atoms with Gasteiger partial charge in [-0.05, 0) is 37.1 Å². The minimum atomic E-state index is -1.35. The molecule has 4 heterocycles. The maximum Gasteiger partial charge on any atom is 0.338 e. The summed E-state index contributed by atoms with van der Waals surface area (Å²) >= 11 is 0. The molecule has 5 aliphatic rings. The minimum Gasteiger partial charge on any atom is -0.493 e. The molecule has 12 heteroatoms. The van der Waals surface area contributed by atoms with Gasteiger partial charge in [-0.25, -0.2) is 4.79 Å². The first-order valence-electron chi connectivity index (χ1n) is 15.3. The van der Waals surface area contributed by atoms with Gasteiger partial charge in [-0.15, -0.1) is 0 Å². The number of nitrogens with zero attached hydrogens (tertiary/aromatic N) is 2. The highest BCUT2D eigenvalue weighted by molar-refractivity contribution is 5.92. The van der Waals surface area contributed by atoms with E-state index in [1.807, 2.05) is 26.1 Å². The van der Waals surface area contributed by atoms with Gasteiger partial charge in [0, 0.05) is 37.7 Å². The van der Waals surface area contributed by atoms with Crippen LogP contribution in [-0.2, 0) is 24.4 Å². The molecule has 12 nitrogen and oxygen atoms in total. The van der Waals surface area contributed by atoms with E-state index in [2.05, 4.69) is 15.9 Å². The number of allylic oxidation sites excluding steroid dienone is 1. The fourth-order valence-corrected chi connectivity index (χ4v) is 9.58. The summed E-state index contributed by atoms with van der Waals surface area (Å²) < 4.78 is 47.0. The van der Waals surface area contributed by atoms with Crippen LogP contribution >= 0.6 is 0 Å². The molecule has 46 heavy (non-hydrogen) atoms. The van der Waals surface area contributed by atoms with Gasteiger partial charge in [-0.3, -0.25) is 9.69 Å². The second-order valence-corrected chi connectivity index (χ2v) is 12.5. The molecule has 0 amide bonds. The smallest absolute Gasteiger partial charge is 0.338 e. The van der Waals surface area contributed by atoms with Gasteiger partial charge >= 0.3 is 11.9 Å². The molecular weight excluding hydrogens is 596 g/mol. The van der Waals surface area contributed by atoms with E-state index in [1.54, 1.807) is 14.2 Å². The van der Waals surface area contributed by atoms with Crippen molar-refractivity contribution in [1.82, 2.24) is 4.90 Å². The zero-order valence-electron chi connectivity index (χ0n) is 27.4. The summed E-state index contributed by atoms with van der Waals surface area (Å²) in [6, 6.07) is 6.97. The van der Waals surface area contributed by atoms with Gasteiger partial charge < -0.3 is 42.8 Å². The van der Waals surface area contributed by atoms with E-state index in [0.29, 0.717) is 48.1 Å². The molecule has 1 aliphatic carbocycles. The minimum absolute atomic E-state index is 0.0158. The van der Waals surface area contributed by atoms with E-state index >= 15 is 0 Å². The Morgan fingerprint density at radius 3 is 2.17 bits per heavy atom. The van der Waals surface area contributed by atoms with Crippen molar-refractivity contribution < 1.29 is 47.5 Å². The van der Waals surface area contributed by atoms with E-state index < -0.39 is 28.5 Å². The highest BCUT2D eigenvalue weighted by Crippen LogP contribution is 2.78. The quantitative estimate of drug-likeness (QED) is 0.296. The van der Waals surface area contributed by atoms with E-state index in [4.69, 9.17) is 37.9 Å². The first kappa shape index (κ1) is 30.5. The molecule has 246 valence electrons. The molecule has 4 fully saturated rings. The largest absolute Gasteiger partial charge is 0.493 e. The number of hydrogen-bond donors (Lipinski definition) is 0. The number of esters is 2. The van der Waals surface area contributed by atoms with Gasteiger partial charge in [-0.1, -0.05) is 11.6 Å². The average molecular weight is 637 g/mol. The zero-order valence-corrected chi connectivity index (χ0v) is 27.4. The van der Waals surface area contributed by atoms with Gasteiger partial charge in [-0.2, -0.15) is 0 Å². The Morgan fingerprint density at radius 2 is 1.59 bits per heavy atom. The topological polar surface area (TPSA) is 114 Å². The number of ether oxygens (including phenoxy) is 8. The van der Waals surface area contributed by atoms with Crippen LogP contribution in [0.1, 0.15) is 35.7 Å². The lowest BCUT2D eigenvalue weighted by Crippen LogP contribution is -2.80. The van der Waals surface area contributed by atoms with Crippen molar-refractivity contribution in [3.8, 4) is 28.7 Å². The number of piperidine rings is 2. The van der Waals surface area contributed by atoms with E-state index in [9.17, 15) is 9.59 Å². The number of benzene rings is 2. The number of anilines is 1. The van der Waals surface area contributed by atoms with Crippen LogP contribution in [0.5, 0.6) is 28.7 Å². The van der Waals surface area contributed by atoms with Crippen molar-refractivity contribution in [3.05, 3.63) is 47.0 Å². The van der Waals surface area contributed by atoms with E-state index in [1.165, 1.54) is 40.6 Å². The van der Waals surface area contributed by atoms with E-state index in [0.717, 1.165) is 16.8 Å². The molecule has 0 unspecified atom stereocenters. The summed E-state index contributed by atoms with van der Waals surface area (Å²) in [5, 5.41) is 0. The summed E-state index contributed by atoms with van der Waals surface area (Å²) in [4.78, 5) is 33.3.